The second kappa shape index (κ2) is 9.10. The molecule has 4 rings (SSSR count). The van der Waals surface area contributed by atoms with Gasteiger partial charge in [0.2, 0.25) is 0 Å². The smallest absolute Gasteiger partial charge is 0.184 e. The van der Waals surface area contributed by atoms with Crippen molar-refractivity contribution in [3.63, 3.8) is 0 Å². The Bertz CT molecular complexity index is 929. The van der Waals surface area contributed by atoms with Crippen LogP contribution in [0.15, 0.2) is 53.1 Å². The van der Waals surface area contributed by atoms with E-state index in [1.807, 2.05) is 12.1 Å². The highest BCUT2D eigenvalue weighted by atomic mass is 16.6. The van der Waals surface area contributed by atoms with Crippen molar-refractivity contribution >= 4 is 16.6 Å². The average molecular weight is 381 g/mol. The number of aromatic nitrogens is 1. The van der Waals surface area contributed by atoms with Gasteiger partial charge in [-0.3, -0.25) is 4.79 Å². The van der Waals surface area contributed by atoms with Gasteiger partial charge in [-0.2, -0.15) is 0 Å². The van der Waals surface area contributed by atoms with Crippen molar-refractivity contribution < 1.29 is 23.5 Å². The summed E-state index contributed by atoms with van der Waals surface area (Å²) in [6, 6.07) is 16.1. The quantitative estimate of drug-likeness (QED) is 0.551. The van der Waals surface area contributed by atoms with Crippen LogP contribution in [0, 0.1) is 0 Å². The van der Waals surface area contributed by atoms with Crippen LogP contribution in [0.4, 0.5) is 0 Å². The van der Waals surface area contributed by atoms with Crippen LogP contribution in [0.5, 0.6) is 0 Å². The predicted octanol–water partition coefficient (Wildman–Crippen LogP) is 3.92. The molecule has 1 unspecified atom stereocenters. The van der Waals surface area contributed by atoms with Crippen molar-refractivity contribution in [3.05, 3.63) is 65.5 Å². The summed E-state index contributed by atoms with van der Waals surface area (Å²) in [5.41, 5.74) is 1.42. The first kappa shape index (κ1) is 18.8. The van der Waals surface area contributed by atoms with Crippen LogP contribution in [0.3, 0.4) is 0 Å². The Morgan fingerprint density at radius 2 is 1.96 bits per heavy atom. The summed E-state index contributed by atoms with van der Waals surface area (Å²) in [7, 11) is 0. The van der Waals surface area contributed by atoms with Gasteiger partial charge in [0.1, 0.15) is 12.3 Å². The molecule has 28 heavy (non-hydrogen) atoms. The molecule has 2 heterocycles. The zero-order chi connectivity index (χ0) is 19.2. The van der Waals surface area contributed by atoms with E-state index in [9.17, 15) is 4.79 Å². The minimum absolute atomic E-state index is 0.0191. The maximum atomic E-state index is 12.3. The van der Waals surface area contributed by atoms with E-state index < -0.39 is 0 Å². The predicted molar refractivity (Wildman–Crippen MR) is 103 cm³/mol. The molecule has 1 saturated heterocycles. The molecular weight excluding hydrogens is 358 g/mol. The van der Waals surface area contributed by atoms with E-state index in [2.05, 4.69) is 35.5 Å². The van der Waals surface area contributed by atoms with Crippen LogP contribution in [-0.4, -0.2) is 36.9 Å². The van der Waals surface area contributed by atoms with Gasteiger partial charge >= 0.3 is 0 Å². The lowest BCUT2D eigenvalue weighted by atomic mass is 10.1. The fraction of sp³-hybridized carbons (Fsp3) is 0.364. The number of rotatable bonds is 8. The van der Waals surface area contributed by atoms with Crippen LogP contribution in [-0.2, 0) is 27.4 Å². The molecule has 0 aliphatic carbocycles. The second-order valence-electron chi connectivity index (χ2n) is 6.88. The fourth-order valence-electron chi connectivity index (χ4n) is 3.23. The Kier molecular flexibility index (Phi) is 6.11. The van der Waals surface area contributed by atoms with Crippen LogP contribution in [0.2, 0.25) is 0 Å². The molecule has 0 N–H and O–H groups in total. The zero-order valence-corrected chi connectivity index (χ0v) is 15.6. The molecule has 6 heteroatoms. The molecule has 0 amide bonds. The van der Waals surface area contributed by atoms with Crippen molar-refractivity contribution in [1.82, 2.24) is 5.16 Å². The summed E-state index contributed by atoms with van der Waals surface area (Å²) in [6.07, 6.45) is 0.964. The molecule has 1 aliphatic heterocycles. The maximum Gasteiger partial charge on any atom is 0.184 e. The molecule has 3 aromatic rings. The molecule has 0 spiro atoms. The van der Waals surface area contributed by atoms with Crippen molar-refractivity contribution in [1.29, 1.82) is 0 Å². The Balaban J connectivity index is 1.25. The Hall–Kier alpha value is -2.54. The third-order valence-electron chi connectivity index (χ3n) is 4.75. The number of nitrogens with zero attached hydrogens (tertiary/aromatic N) is 1. The van der Waals surface area contributed by atoms with Crippen molar-refractivity contribution in [2.24, 2.45) is 0 Å². The van der Waals surface area contributed by atoms with E-state index in [0.29, 0.717) is 50.7 Å². The highest BCUT2D eigenvalue weighted by Crippen LogP contribution is 2.17. The lowest BCUT2D eigenvalue weighted by Gasteiger charge is -2.22. The summed E-state index contributed by atoms with van der Waals surface area (Å²) < 4.78 is 21.8. The van der Waals surface area contributed by atoms with Crippen LogP contribution in [0.1, 0.15) is 34.7 Å². The van der Waals surface area contributed by atoms with E-state index in [4.69, 9.17) is 18.7 Å². The normalized spacial score (nSPS) is 17.1. The SMILES string of the molecule is O=C(CCC1COCCO1)c1cc(COCc2ccc3ccccc3c2)on1. The third-order valence-corrected chi connectivity index (χ3v) is 4.75. The number of Topliss-reactive ketones (excluding diaryl/α,β-unsaturated/α-hetero) is 1. The monoisotopic (exact) mass is 381 g/mol. The molecule has 1 fully saturated rings. The molecule has 0 bridgehead atoms. The van der Waals surface area contributed by atoms with Crippen molar-refractivity contribution in [2.45, 2.75) is 32.2 Å². The highest BCUT2D eigenvalue weighted by molar-refractivity contribution is 5.94. The fourth-order valence-corrected chi connectivity index (χ4v) is 3.23. The van der Waals surface area contributed by atoms with Gasteiger partial charge in [0.05, 0.1) is 32.5 Å². The lowest BCUT2D eigenvalue weighted by molar-refractivity contribution is -0.0902. The van der Waals surface area contributed by atoms with Crippen LogP contribution < -0.4 is 0 Å². The number of carbonyl (C=O) groups is 1. The first-order valence-corrected chi connectivity index (χ1v) is 9.51. The Morgan fingerprint density at radius 1 is 1.07 bits per heavy atom. The number of benzene rings is 2. The first-order valence-electron chi connectivity index (χ1n) is 9.51. The largest absolute Gasteiger partial charge is 0.376 e. The lowest BCUT2D eigenvalue weighted by Crippen LogP contribution is -2.29. The number of fused-ring (bicyclic) bond motifs is 1. The van der Waals surface area contributed by atoms with Gasteiger partial charge in [0.25, 0.3) is 0 Å². The average Bonchev–Trinajstić information content (AvgIpc) is 3.22. The minimum Gasteiger partial charge on any atom is -0.376 e. The molecule has 1 atom stereocenters. The van der Waals surface area contributed by atoms with Gasteiger partial charge in [-0.25, -0.2) is 0 Å². The number of ketones is 1. The van der Waals surface area contributed by atoms with Crippen LogP contribution in [0.25, 0.3) is 10.8 Å². The standard InChI is InChI=1S/C22H23NO5/c24-22(8-7-19-14-25-9-10-27-19)21-12-20(28-23-21)15-26-13-16-5-6-17-3-1-2-4-18(17)11-16/h1-6,11-12,19H,7-10,13-15H2. The van der Waals surface area contributed by atoms with E-state index in [0.717, 1.165) is 5.56 Å². The van der Waals surface area contributed by atoms with Gasteiger partial charge in [-0.05, 0) is 28.8 Å². The van der Waals surface area contributed by atoms with Crippen LogP contribution >= 0.6 is 0 Å². The molecule has 1 aliphatic rings. The number of hydrogen-bond acceptors (Lipinski definition) is 6. The van der Waals surface area contributed by atoms with Gasteiger partial charge in [0, 0.05) is 12.5 Å². The van der Waals surface area contributed by atoms with Gasteiger partial charge in [-0.15, -0.1) is 0 Å². The molecule has 2 aromatic carbocycles. The Morgan fingerprint density at radius 3 is 2.82 bits per heavy atom. The highest BCUT2D eigenvalue weighted by Gasteiger charge is 2.18. The topological polar surface area (TPSA) is 70.8 Å². The molecule has 146 valence electrons. The molecule has 0 radical (unpaired) electrons. The first-order chi connectivity index (χ1) is 13.8. The molecule has 0 saturated carbocycles. The van der Waals surface area contributed by atoms with E-state index >= 15 is 0 Å². The minimum atomic E-state index is -0.0568. The third kappa shape index (κ3) is 4.84. The van der Waals surface area contributed by atoms with E-state index in [1.165, 1.54) is 10.8 Å². The van der Waals surface area contributed by atoms with E-state index in [1.54, 1.807) is 6.07 Å². The molecular formula is C22H23NO5. The van der Waals surface area contributed by atoms with Gasteiger partial charge in [-0.1, -0.05) is 41.6 Å². The summed E-state index contributed by atoms with van der Waals surface area (Å²) >= 11 is 0. The van der Waals surface area contributed by atoms with Gasteiger partial charge in [0.15, 0.2) is 11.5 Å². The number of ether oxygens (including phenoxy) is 3. The molecule has 1 aromatic heterocycles. The summed E-state index contributed by atoms with van der Waals surface area (Å²) in [4.78, 5) is 12.3. The maximum absolute atomic E-state index is 12.3. The summed E-state index contributed by atoms with van der Waals surface area (Å²) in [5, 5.41) is 6.26. The zero-order valence-electron chi connectivity index (χ0n) is 15.6. The van der Waals surface area contributed by atoms with E-state index in [-0.39, 0.29) is 18.5 Å². The van der Waals surface area contributed by atoms with Gasteiger partial charge < -0.3 is 18.7 Å². The second-order valence-corrected chi connectivity index (χ2v) is 6.88. The number of carbonyl (C=O) groups excluding carboxylic acids is 1. The summed E-state index contributed by atoms with van der Waals surface area (Å²) in [5.74, 6) is 0.486. The van der Waals surface area contributed by atoms with Crippen molar-refractivity contribution in [2.75, 3.05) is 19.8 Å². The summed E-state index contributed by atoms with van der Waals surface area (Å²) in [6.45, 7) is 2.48. The number of hydrogen-bond donors (Lipinski definition) is 0. The molecule has 6 nitrogen and oxygen atoms in total. The Labute approximate surface area is 163 Å². The van der Waals surface area contributed by atoms with Crippen molar-refractivity contribution in [3.8, 4) is 0 Å².